The lowest BCUT2D eigenvalue weighted by atomic mass is 13.0. The van der Waals surface area contributed by atoms with E-state index in [4.69, 9.17) is 11.1 Å². The summed E-state index contributed by atoms with van der Waals surface area (Å²) in [5, 5.41) is 0. The molecule has 0 aromatic heterocycles. The molecule has 0 rings (SSSR count). The Morgan fingerprint density at radius 2 is 1.25 bits per heavy atom. The Bertz CT molecular complexity index is 24.3. The molecule has 24 valence electrons. The minimum Gasteiger partial charge on any atom is -0.373 e. The summed E-state index contributed by atoms with van der Waals surface area (Å²) in [7, 11) is 0. The van der Waals surface area contributed by atoms with Gasteiger partial charge in [0.2, 0.25) is 0 Å². The second-order valence-electron chi connectivity index (χ2n) is 0.0894. The van der Waals surface area contributed by atoms with Crippen molar-refractivity contribution in [1.29, 1.82) is 0 Å². The fourth-order valence-electron chi connectivity index (χ4n) is 0. The Morgan fingerprint density at radius 1 is 1.25 bits per heavy atom. The Balaban J connectivity index is 0. The van der Waals surface area contributed by atoms with Crippen molar-refractivity contribution in [1.82, 2.24) is 0 Å². The van der Waals surface area contributed by atoms with Crippen LogP contribution >= 0.6 is 13.5 Å². The van der Waals surface area contributed by atoms with Crippen LogP contribution in [0.3, 0.4) is 0 Å². The van der Waals surface area contributed by atoms with Crippen LogP contribution in [0.1, 0.15) is 0 Å². The van der Waals surface area contributed by atoms with Gasteiger partial charge in [-0.1, -0.05) is 0 Å². The standard InChI is InChI=1S/N3.H2S/c1-3-2;/h;1H2/q-1;. The molecule has 0 aliphatic heterocycles. The average molecular weight is 76.1 g/mol. The van der Waals surface area contributed by atoms with Gasteiger partial charge in [-0.25, -0.2) is 0 Å². The second-order valence-corrected chi connectivity index (χ2v) is 0.0894. The van der Waals surface area contributed by atoms with E-state index in [1.807, 2.05) is 0 Å². The van der Waals surface area contributed by atoms with Crippen LogP contribution in [-0.2, 0) is 0 Å². The topological polar surface area (TPSA) is 58.7 Å². The zero-order chi connectivity index (χ0) is 2.71. The molecule has 0 aromatic rings. The minimum atomic E-state index is 0. The molecule has 0 amide bonds. The van der Waals surface area contributed by atoms with E-state index in [9.17, 15) is 0 Å². The summed E-state index contributed by atoms with van der Waals surface area (Å²) in [5.74, 6) is 0. The summed E-state index contributed by atoms with van der Waals surface area (Å²) in [4.78, 5) is 1.50. The zero-order valence-corrected chi connectivity index (χ0v) is 2.84. The lowest BCUT2D eigenvalue weighted by molar-refractivity contribution is 2.36. The highest BCUT2D eigenvalue weighted by Gasteiger charge is 0.689. The summed E-state index contributed by atoms with van der Waals surface area (Å²) in [6, 6.07) is 0. The summed E-state index contributed by atoms with van der Waals surface area (Å²) in [6.45, 7) is 0. The normalized spacial score (nSPS) is 2.00. The predicted molar refractivity (Wildman–Crippen MR) is 20.5 cm³/mol. The van der Waals surface area contributed by atoms with Gasteiger partial charge in [0.25, 0.3) is 0 Å². The second kappa shape index (κ2) is 16.8. The molecule has 4 heavy (non-hydrogen) atoms. The van der Waals surface area contributed by atoms with Crippen molar-refractivity contribution >= 4 is 13.5 Å². The van der Waals surface area contributed by atoms with Gasteiger partial charge in [-0.2, -0.15) is 13.5 Å². The highest BCUT2D eigenvalue weighted by atomic mass is 32.1. The molecule has 3 nitrogen and oxygen atoms in total. The summed E-state index contributed by atoms with van der Waals surface area (Å²) in [6.07, 6.45) is 0. The van der Waals surface area contributed by atoms with E-state index in [-0.39, 0.29) is 13.5 Å². The number of hydrogen-bond donors (Lipinski definition) is 0. The fourth-order valence-corrected chi connectivity index (χ4v) is 0. The van der Waals surface area contributed by atoms with E-state index in [2.05, 4.69) is 0 Å². The summed E-state index contributed by atoms with van der Waals surface area (Å²) < 4.78 is 0. The van der Waals surface area contributed by atoms with Gasteiger partial charge < -0.3 is 11.1 Å². The maximum atomic E-state index is 6.75. The van der Waals surface area contributed by atoms with Gasteiger partial charge in [0.1, 0.15) is 0 Å². The van der Waals surface area contributed by atoms with Crippen LogP contribution < -0.4 is 0 Å². The van der Waals surface area contributed by atoms with Crippen molar-refractivity contribution in [2.24, 2.45) is 0 Å². The van der Waals surface area contributed by atoms with Gasteiger partial charge in [0.15, 0.2) is 0 Å². The quantitative estimate of drug-likeness (QED) is 0.234. The largest absolute Gasteiger partial charge is 0.373 e. The van der Waals surface area contributed by atoms with Crippen LogP contribution in [0.15, 0.2) is 0 Å². The van der Waals surface area contributed by atoms with Crippen LogP contribution in [-0.4, -0.2) is 0 Å². The van der Waals surface area contributed by atoms with Crippen molar-refractivity contribution in [3.8, 4) is 0 Å². The Kier molecular flexibility index (Phi) is 39.5. The number of nitrogens with zero attached hydrogens (tertiary/aromatic N) is 3. The molecule has 0 unspecified atom stereocenters. The molecule has 0 aliphatic carbocycles. The van der Waals surface area contributed by atoms with Crippen molar-refractivity contribution in [2.45, 2.75) is 0 Å². The van der Waals surface area contributed by atoms with Gasteiger partial charge in [-0.15, -0.1) is 0 Å². The van der Waals surface area contributed by atoms with Crippen LogP contribution in [0, 0.1) is 0 Å². The molecule has 4 heteroatoms. The van der Waals surface area contributed by atoms with Gasteiger partial charge in [-0.05, 0) is 0 Å². The average Bonchev–Trinajstić information content (AvgIpc) is 0.918. The maximum Gasteiger partial charge on any atom is -0.197 e. The first-order valence-corrected chi connectivity index (χ1v) is 0.400. The van der Waals surface area contributed by atoms with Gasteiger partial charge in [0.05, 0.1) is 0 Å². The predicted octanol–water partition coefficient (Wildman–Crippen LogP) is 0.979. The lowest BCUT2D eigenvalue weighted by Gasteiger charge is -1.31. The van der Waals surface area contributed by atoms with E-state index in [0.717, 1.165) is 0 Å². The van der Waals surface area contributed by atoms with Crippen LogP contribution in [0.5, 0.6) is 0 Å². The molecule has 0 bridgehead atoms. The van der Waals surface area contributed by atoms with Crippen LogP contribution in [0.4, 0.5) is 0 Å². The van der Waals surface area contributed by atoms with E-state index in [0.29, 0.717) is 0 Å². The third kappa shape index (κ3) is 6.26. The molecule has 0 atom stereocenters. The molecule has 0 radical (unpaired) electrons. The Labute approximate surface area is 30.5 Å². The van der Waals surface area contributed by atoms with Crippen molar-refractivity contribution < 1.29 is 0 Å². The van der Waals surface area contributed by atoms with Gasteiger partial charge in [-0.3, -0.25) is 4.91 Å². The molecule has 0 fully saturated rings. The smallest absolute Gasteiger partial charge is 0.197 e. The van der Waals surface area contributed by atoms with Crippen molar-refractivity contribution in [2.75, 3.05) is 0 Å². The third-order valence-corrected chi connectivity index (χ3v) is 0. The van der Waals surface area contributed by atoms with E-state index in [1.54, 1.807) is 0 Å². The number of rotatable bonds is 0. The van der Waals surface area contributed by atoms with Gasteiger partial charge in [0, 0.05) is 0 Å². The van der Waals surface area contributed by atoms with Crippen LogP contribution in [0.25, 0.3) is 16.0 Å². The Morgan fingerprint density at radius 3 is 1.25 bits per heavy atom. The SMILES string of the molecule is S.[N-]=[N+]=[N-]. The molecular weight excluding hydrogens is 74.1 g/mol. The highest BCUT2D eigenvalue weighted by molar-refractivity contribution is 7.59. The van der Waals surface area contributed by atoms with E-state index < -0.39 is 0 Å². The fraction of sp³-hybridized carbons (Fsp3) is 0. The molecular formula is H2N3S-. The first-order valence-electron chi connectivity index (χ1n) is 0.400. The first kappa shape index (κ1) is 9.40. The molecule has 0 aliphatic rings. The number of hydrogen-bond acceptors (Lipinski definition) is 0. The van der Waals surface area contributed by atoms with Crippen molar-refractivity contribution in [3.05, 3.63) is 16.0 Å². The minimum absolute atomic E-state index is 0. The van der Waals surface area contributed by atoms with E-state index in [1.165, 1.54) is 4.91 Å². The Hall–Kier alpha value is -0.340. The highest BCUT2D eigenvalue weighted by Crippen LogP contribution is 1.29. The summed E-state index contributed by atoms with van der Waals surface area (Å²) >= 11 is 0. The van der Waals surface area contributed by atoms with Crippen LogP contribution in [0.2, 0.25) is 0 Å². The summed E-state index contributed by atoms with van der Waals surface area (Å²) in [5.41, 5.74) is 13.5. The van der Waals surface area contributed by atoms with Gasteiger partial charge >= 0.3 is 0 Å². The van der Waals surface area contributed by atoms with Crippen molar-refractivity contribution in [3.63, 3.8) is 0 Å². The maximum absolute atomic E-state index is 6.75. The van der Waals surface area contributed by atoms with E-state index >= 15 is 0 Å². The molecule has 0 N–H and O–H groups in total. The molecule has 0 saturated carbocycles. The molecule has 0 heterocycles. The first-order chi connectivity index (χ1) is 1.41. The molecule has 0 aromatic carbocycles. The molecule has 0 spiro atoms. The monoisotopic (exact) mass is 76.0 g/mol. The third-order valence-electron chi connectivity index (χ3n) is 0. The zero-order valence-electron chi connectivity index (χ0n) is 1.84. The lowest BCUT2D eigenvalue weighted by Crippen LogP contribution is -0.711. The molecule has 0 saturated heterocycles.